The van der Waals surface area contributed by atoms with E-state index in [1.165, 1.54) is 12.1 Å². The average molecular weight is 245 g/mol. The topological polar surface area (TPSA) is 29.5 Å². The van der Waals surface area contributed by atoms with Crippen molar-refractivity contribution in [3.8, 4) is 0 Å². The maximum Gasteiger partial charge on any atom is 0.124 e. The van der Waals surface area contributed by atoms with Gasteiger partial charge in [0.25, 0.3) is 0 Å². The Morgan fingerprint density at radius 1 is 1.31 bits per heavy atom. The highest BCUT2D eigenvalue weighted by Crippen LogP contribution is 2.26. The maximum atomic E-state index is 13.1. The molecule has 0 radical (unpaired) electrons. The minimum absolute atomic E-state index is 0.363. The van der Waals surface area contributed by atoms with Gasteiger partial charge in [-0.15, -0.1) is 0 Å². The van der Waals surface area contributed by atoms with Gasteiger partial charge in [0, 0.05) is 24.7 Å². The summed E-state index contributed by atoms with van der Waals surface area (Å²) < 4.78 is 18.3. The summed E-state index contributed by atoms with van der Waals surface area (Å²) in [7, 11) is 0. The quantitative estimate of drug-likeness (QED) is 0.867. The van der Waals surface area contributed by atoms with Gasteiger partial charge in [0.05, 0.1) is 5.60 Å². The SMILES string of the molecule is OC1(Cc2cc(F)cc(Cl)c2)CCOCC1. The van der Waals surface area contributed by atoms with Crippen molar-refractivity contribution >= 4 is 11.6 Å². The van der Waals surface area contributed by atoms with Crippen LogP contribution in [-0.2, 0) is 11.2 Å². The molecule has 0 atom stereocenters. The normalized spacial score (nSPS) is 19.7. The fraction of sp³-hybridized carbons (Fsp3) is 0.500. The van der Waals surface area contributed by atoms with Crippen molar-refractivity contribution in [3.63, 3.8) is 0 Å². The molecule has 1 N–H and O–H groups in total. The van der Waals surface area contributed by atoms with Crippen molar-refractivity contribution in [3.05, 3.63) is 34.6 Å². The molecule has 0 saturated carbocycles. The van der Waals surface area contributed by atoms with Crippen LogP contribution in [0, 0.1) is 5.82 Å². The number of halogens is 2. The molecule has 4 heteroatoms. The van der Waals surface area contributed by atoms with E-state index in [1.54, 1.807) is 6.07 Å². The lowest BCUT2D eigenvalue weighted by Crippen LogP contribution is -2.38. The molecule has 0 bridgehead atoms. The first-order chi connectivity index (χ1) is 7.57. The summed E-state index contributed by atoms with van der Waals surface area (Å²) in [5.41, 5.74) is -0.0514. The Hall–Kier alpha value is -0.640. The Morgan fingerprint density at radius 2 is 2.00 bits per heavy atom. The van der Waals surface area contributed by atoms with Gasteiger partial charge in [0.2, 0.25) is 0 Å². The maximum absolute atomic E-state index is 13.1. The molecule has 0 spiro atoms. The van der Waals surface area contributed by atoms with Crippen LogP contribution in [0.2, 0.25) is 5.02 Å². The molecule has 1 aromatic carbocycles. The Kier molecular flexibility index (Phi) is 3.47. The summed E-state index contributed by atoms with van der Waals surface area (Å²) in [6.07, 6.45) is 1.59. The first-order valence-electron chi connectivity index (χ1n) is 5.33. The second-order valence-electron chi connectivity index (χ2n) is 4.29. The lowest BCUT2D eigenvalue weighted by Gasteiger charge is -2.32. The molecule has 2 rings (SSSR count). The van der Waals surface area contributed by atoms with Gasteiger partial charge >= 0.3 is 0 Å². The second-order valence-corrected chi connectivity index (χ2v) is 4.73. The Morgan fingerprint density at radius 3 is 2.62 bits per heavy atom. The van der Waals surface area contributed by atoms with Gasteiger partial charge in [0.1, 0.15) is 5.82 Å². The standard InChI is InChI=1S/C12H14ClFO2/c13-10-5-9(6-11(14)7-10)8-12(15)1-3-16-4-2-12/h5-7,15H,1-4,8H2. The van der Waals surface area contributed by atoms with Crippen molar-refractivity contribution in [1.82, 2.24) is 0 Å². The molecule has 16 heavy (non-hydrogen) atoms. The summed E-state index contributed by atoms with van der Waals surface area (Å²) in [5.74, 6) is -0.363. The van der Waals surface area contributed by atoms with E-state index in [2.05, 4.69) is 0 Å². The Bertz CT molecular complexity index is 355. The van der Waals surface area contributed by atoms with Crippen LogP contribution in [0.3, 0.4) is 0 Å². The minimum Gasteiger partial charge on any atom is -0.389 e. The second kappa shape index (κ2) is 4.70. The van der Waals surface area contributed by atoms with Crippen LogP contribution in [-0.4, -0.2) is 23.9 Å². The summed E-state index contributed by atoms with van der Waals surface area (Å²) in [6, 6.07) is 4.37. The number of hydrogen-bond donors (Lipinski definition) is 1. The number of rotatable bonds is 2. The van der Waals surface area contributed by atoms with Gasteiger partial charge in [0.15, 0.2) is 0 Å². The third kappa shape index (κ3) is 2.94. The Labute approximate surface area is 99.0 Å². The van der Waals surface area contributed by atoms with Gasteiger partial charge < -0.3 is 9.84 Å². The lowest BCUT2D eigenvalue weighted by molar-refractivity contribution is -0.0626. The third-order valence-corrected chi connectivity index (χ3v) is 3.10. The molecule has 1 aliphatic rings. The van der Waals surface area contributed by atoms with Gasteiger partial charge in [-0.2, -0.15) is 0 Å². The predicted molar refractivity (Wildman–Crippen MR) is 60.1 cm³/mol. The van der Waals surface area contributed by atoms with Crippen molar-refractivity contribution in [2.75, 3.05) is 13.2 Å². The van der Waals surface area contributed by atoms with E-state index in [-0.39, 0.29) is 5.82 Å². The van der Waals surface area contributed by atoms with Crippen molar-refractivity contribution in [2.24, 2.45) is 0 Å². The van der Waals surface area contributed by atoms with Gasteiger partial charge in [-0.1, -0.05) is 11.6 Å². The highest BCUT2D eigenvalue weighted by Gasteiger charge is 2.30. The van der Waals surface area contributed by atoms with Gasteiger partial charge in [-0.3, -0.25) is 0 Å². The van der Waals surface area contributed by atoms with Crippen LogP contribution in [0.15, 0.2) is 18.2 Å². The van der Waals surface area contributed by atoms with E-state index in [0.29, 0.717) is 37.5 Å². The fourth-order valence-corrected chi connectivity index (χ4v) is 2.27. The van der Waals surface area contributed by atoms with Crippen molar-refractivity contribution < 1.29 is 14.2 Å². The monoisotopic (exact) mass is 244 g/mol. The van der Waals surface area contributed by atoms with E-state index in [1.807, 2.05) is 0 Å². The first-order valence-corrected chi connectivity index (χ1v) is 5.70. The number of hydrogen-bond acceptors (Lipinski definition) is 2. The lowest BCUT2D eigenvalue weighted by atomic mass is 9.87. The molecule has 0 aliphatic carbocycles. The summed E-state index contributed by atoms with van der Waals surface area (Å²) in [6.45, 7) is 1.11. The van der Waals surface area contributed by atoms with Gasteiger partial charge in [-0.25, -0.2) is 4.39 Å². The highest BCUT2D eigenvalue weighted by molar-refractivity contribution is 6.30. The van der Waals surface area contributed by atoms with Crippen LogP contribution < -0.4 is 0 Å². The molecule has 0 unspecified atom stereocenters. The van der Waals surface area contributed by atoms with E-state index in [0.717, 1.165) is 5.56 Å². The smallest absolute Gasteiger partial charge is 0.124 e. The molecule has 1 saturated heterocycles. The van der Waals surface area contributed by atoms with Crippen LogP contribution >= 0.6 is 11.6 Å². The molecule has 0 amide bonds. The van der Waals surface area contributed by atoms with Gasteiger partial charge in [-0.05, 0) is 36.6 Å². The van der Waals surface area contributed by atoms with E-state index in [9.17, 15) is 9.50 Å². The zero-order valence-electron chi connectivity index (χ0n) is 8.88. The van der Waals surface area contributed by atoms with Crippen LogP contribution in [0.25, 0.3) is 0 Å². The molecular formula is C12H14ClFO2. The molecule has 1 aromatic rings. The molecule has 2 nitrogen and oxygen atoms in total. The molecular weight excluding hydrogens is 231 g/mol. The van der Waals surface area contributed by atoms with Crippen molar-refractivity contribution in [1.29, 1.82) is 0 Å². The fourth-order valence-electron chi connectivity index (χ4n) is 2.02. The first kappa shape index (κ1) is 11.8. The zero-order chi connectivity index (χ0) is 11.6. The van der Waals surface area contributed by atoms with E-state index >= 15 is 0 Å². The molecule has 1 heterocycles. The summed E-state index contributed by atoms with van der Waals surface area (Å²) >= 11 is 5.77. The molecule has 1 fully saturated rings. The molecule has 1 aliphatic heterocycles. The average Bonchev–Trinajstić information content (AvgIpc) is 2.15. The molecule has 88 valence electrons. The van der Waals surface area contributed by atoms with E-state index < -0.39 is 5.60 Å². The number of aliphatic hydroxyl groups is 1. The largest absolute Gasteiger partial charge is 0.389 e. The number of ether oxygens (including phenoxy) is 1. The Balaban J connectivity index is 2.13. The zero-order valence-corrected chi connectivity index (χ0v) is 9.63. The van der Waals surface area contributed by atoms with Crippen LogP contribution in [0.1, 0.15) is 18.4 Å². The summed E-state index contributed by atoms with van der Waals surface area (Å²) in [4.78, 5) is 0. The van der Waals surface area contributed by atoms with Crippen molar-refractivity contribution in [2.45, 2.75) is 24.9 Å². The third-order valence-electron chi connectivity index (χ3n) is 2.88. The minimum atomic E-state index is -0.782. The van der Waals surface area contributed by atoms with Crippen LogP contribution in [0.4, 0.5) is 4.39 Å². The predicted octanol–water partition coefficient (Wildman–Crippen LogP) is 2.56. The number of benzene rings is 1. The molecule has 0 aromatic heterocycles. The highest BCUT2D eigenvalue weighted by atomic mass is 35.5. The summed E-state index contributed by atoms with van der Waals surface area (Å²) in [5, 5.41) is 10.6. The van der Waals surface area contributed by atoms with E-state index in [4.69, 9.17) is 16.3 Å². The van der Waals surface area contributed by atoms with Crippen LogP contribution in [0.5, 0.6) is 0 Å².